The molecule has 2 aliphatic rings. The molecule has 2 fully saturated rings. The van der Waals surface area contributed by atoms with Gasteiger partial charge in [0.15, 0.2) is 0 Å². The van der Waals surface area contributed by atoms with E-state index in [9.17, 15) is 9.59 Å². The zero-order valence-corrected chi connectivity index (χ0v) is 22.9. The molecule has 0 unspecified atom stereocenters. The van der Waals surface area contributed by atoms with Crippen LogP contribution in [0.2, 0.25) is 0 Å². The zero-order chi connectivity index (χ0) is 26.2. The summed E-state index contributed by atoms with van der Waals surface area (Å²) in [7, 11) is 2.12. The SMILES string of the molecule is CN1CCC(c2nc(N[C@@H]3CCCN(C(=O)OC(C)(C)C)C3)c(-c3nc4ccccc4s3)c(=O)[nH]2)CC1. The van der Waals surface area contributed by atoms with Crippen LogP contribution in [-0.2, 0) is 4.74 Å². The number of likely N-dealkylation sites (tertiary alicyclic amines) is 2. The molecule has 2 N–H and O–H groups in total. The summed E-state index contributed by atoms with van der Waals surface area (Å²) in [4.78, 5) is 43.2. The highest BCUT2D eigenvalue weighted by atomic mass is 32.1. The van der Waals surface area contributed by atoms with Crippen LogP contribution in [0.3, 0.4) is 0 Å². The molecule has 2 aromatic heterocycles. The molecular formula is C27H36N6O3S. The normalized spacial score (nSPS) is 19.8. The van der Waals surface area contributed by atoms with E-state index in [1.54, 1.807) is 4.90 Å². The average Bonchev–Trinajstić information content (AvgIpc) is 3.27. The van der Waals surface area contributed by atoms with Crippen molar-refractivity contribution in [2.24, 2.45) is 0 Å². The Hall–Kier alpha value is -2.98. The maximum absolute atomic E-state index is 13.6. The van der Waals surface area contributed by atoms with Gasteiger partial charge in [0.2, 0.25) is 0 Å². The van der Waals surface area contributed by atoms with Crippen molar-refractivity contribution in [3.8, 4) is 10.6 Å². The number of H-pyrrole nitrogens is 1. The van der Waals surface area contributed by atoms with Crippen molar-refractivity contribution in [3.05, 3.63) is 40.4 Å². The van der Waals surface area contributed by atoms with Gasteiger partial charge < -0.3 is 24.8 Å². The second kappa shape index (κ2) is 10.4. The molecule has 9 nitrogen and oxygen atoms in total. The van der Waals surface area contributed by atoms with E-state index in [-0.39, 0.29) is 23.6 Å². The molecule has 0 bridgehead atoms. The molecule has 1 amide bonds. The number of hydrogen-bond donors (Lipinski definition) is 2. The van der Waals surface area contributed by atoms with Gasteiger partial charge in [-0.1, -0.05) is 12.1 Å². The minimum atomic E-state index is -0.547. The van der Waals surface area contributed by atoms with Crippen LogP contribution in [0.25, 0.3) is 20.8 Å². The maximum atomic E-state index is 13.6. The fourth-order valence-corrected chi connectivity index (χ4v) is 6.04. The number of amides is 1. The average molecular weight is 525 g/mol. The third kappa shape index (κ3) is 5.96. The number of rotatable bonds is 4. The number of fused-ring (bicyclic) bond motifs is 1. The van der Waals surface area contributed by atoms with Crippen LogP contribution in [0, 0.1) is 0 Å². The van der Waals surface area contributed by atoms with E-state index >= 15 is 0 Å². The number of nitrogens with zero attached hydrogens (tertiary/aromatic N) is 4. The van der Waals surface area contributed by atoms with E-state index < -0.39 is 5.60 Å². The van der Waals surface area contributed by atoms with Crippen LogP contribution in [0.5, 0.6) is 0 Å². The molecule has 10 heteroatoms. The fraction of sp³-hybridized carbons (Fsp3) is 0.556. The first-order valence-electron chi connectivity index (χ1n) is 13.1. The number of thiazole rings is 1. The summed E-state index contributed by atoms with van der Waals surface area (Å²) in [5.41, 5.74) is 0.605. The van der Waals surface area contributed by atoms with Crippen LogP contribution in [0.15, 0.2) is 29.1 Å². The Morgan fingerprint density at radius 2 is 1.89 bits per heavy atom. The molecule has 0 radical (unpaired) electrons. The summed E-state index contributed by atoms with van der Waals surface area (Å²) in [6, 6.07) is 7.84. The van der Waals surface area contributed by atoms with Crippen molar-refractivity contribution in [1.82, 2.24) is 24.8 Å². The lowest BCUT2D eigenvalue weighted by molar-refractivity contribution is 0.0206. The standard InChI is InChI=1S/C27H36N6O3S/c1-27(2,3)36-26(35)33-13-7-8-18(16-33)28-23-21(25-29-19-9-5-6-10-20(19)37-25)24(34)31-22(30-23)17-11-14-32(4)15-12-17/h5-6,9-10,17-18H,7-8,11-16H2,1-4H3,(H2,28,30,31,34)/t18-/m1/s1. The van der Waals surface area contributed by atoms with Gasteiger partial charge in [-0.05, 0) is 78.7 Å². The van der Waals surface area contributed by atoms with E-state index in [4.69, 9.17) is 14.7 Å². The van der Waals surface area contributed by atoms with E-state index in [1.165, 1.54) is 11.3 Å². The van der Waals surface area contributed by atoms with Crippen molar-refractivity contribution in [2.45, 2.75) is 64.0 Å². The highest BCUT2D eigenvalue weighted by molar-refractivity contribution is 7.21. The Balaban J connectivity index is 1.47. The third-order valence-electron chi connectivity index (χ3n) is 6.96. The van der Waals surface area contributed by atoms with Gasteiger partial charge in [0.25, 0.3) is 5.56 Å². The van der Waals surface area contributed by atoms with Gasteiger partial charge in [-0.25, -0.2) is 14.8 Å². The minimum Gasteiger partial charge on any atom is -0.444 e. The molecular weight excluding hydrogens is 488 g/mol. The molecule has 2 aliphatic heterocycles. The Kier molecular flexibility index (Phi) is 7.22. The van der Waals surface area contributed by atoms with Crippen LogP contribution >= 0.6 is 11.3 Å². The third-order valence-corrected chi connectivity index (χ3v) is 8.02. The van der Waals surface area contributed by atoms with Crippen LogP contribution in [-0.4, -0.2) is 75.7 Å². The summed E-state index contributed by atoms with van der Waals surface area (Å²) in [5, 5.41) is 4.19. The predicted octanol–water partition coefficient (Wildman–Crippen LogP) is 4.67. The lowest BCUT2D eigenvalue weighted by Crippen LogP contribution is -2.47. The number of benzene rings is 1. The van der Waals surface area contributed by atoms with Gasteiger partial charge in [-0.2, -0.15) is 0 Å². The quantitative estimate of drug-likeness (QED) is 0.511. The van der Waals surface area contributed by atoms with E-state index in [1.807, 2.05) is 45.0 Å². The van der Waals surface area contributed by atoms with Gasteiger partial charge in [-0.15, -0.1) is 11.3 Å². The molecule has 37 heavy (non-hydrogen) atoms. The molecule has 0 aliphatic carbocycles. The summed E-state index contributed by atoms with van der Waals surface area (Å²) < 4.78 is 6.63. The summed E-state index contributed by atoms with van der Waals surface area (Å²) in [6.07, 6.45) is 3.32. The highest BCUT2D eigenvalue weighted by Crippen LogP contribution is 2.34. The highest BCUT2D eigenvalue weighted by Gasteiger charge is 2.30. The molecule has 2 saturated heterocycles. The van der Waals surface area contributed by atoms with Crippen LogP contribution < -0.4 is 10.9 Å². The number of carbonyl (C=O) groups is 1. The van der Waals surface area contributed by atoms with Crippen molar-refractivity contribution < 1.29 is 9.53 Å². The molecule has 198 valence electrons. The number of nitrogens with one attached hydrogen (secondary N) is 2. The molecule has 1 aromatic carbocycles. The number of carbonyl (C=O) groups excluding carboxylic acids is 1. The largest absolute Gasteiger partial charge is 0.444 e. The Labute approximate surface area is 221 Å². The number of para-hydroxylation sites is 1. The first kappa shape index (κ1) is 25.7. The van der Waals surface area contributed by atoms with Crippen molar-refractivity contribution in [3.63, 3.8) is 0 Å². The molecule has 0 spiro atoms. The van der Waals surface area contributed by atoms with Gasteiger partial charge in [0, 0.05) is 25.0 Å². The Bertz CT molecular complexity index is 1290. The number of aromatic amines is 1. The van der Waals surface area contributed by atoms with Gasteiger partial charge >= 0.3 is 6.09 Å². The minimum absolute atomic E-state index is 0.0472. The Morgan fingerprint density at radius 3 is 2.62 bits per heavy atom. The predicted molar refractivity (Wildman–Crippen MR) is 147 cm³/mol. The first-order chi connectivity index (χ1) is 17.7. The summed E-state index contributed by atoms with van der Waals surface area (Å²) in [6.45, 7) is 8.72. The van der Waals surface area contributed by atoms with Gasteiger partial charge in [0.05, 0.1) is 10.2 Å². The lowest BCUT2D eigenvalue weighted by Gasteiger charge is -2.35. The molecule has 4 heterocycles. The summed E-state index contributed by atoms with van der Waals surface area (Å²) in [5.74, 6) is 1.48. The number of aromatic nitrogens is 3. The van der Waals surface area contributed by atoms with Crippen molar-refractivity contribution >= 4 is 33.5 Å². The lowest BCUT2D eigenvalue weighted by atomic mass is 9.96. The van der Waals surface area contributed by atoms with Gasteiger partial charge in [-0.3, -0.25) is 4.79 Å². The van der Waals surface area contributed by atoms with Gasteiger partial charge in [0.1, 0.15) is 27.8 Å². The number of hydrogen-bond acceptors (Lipinski definition) is 8. The van der Waals surface area contributed by atoms with E-state index in [2.05, 4.69) is 22.2 Å². The maximum Gasteiger partial charge on any atom is 0.410 e. The van der Waals surface area contributed by atoms with Crippen molar-refractivity contribution in [2.75, 3.05) is 38.5 Å². The molecule has 3 aromatic rings. The van der Waals surface area contributed by atoms with Crippen molar-refractivity contribution in [1.29, 1.82) is 0 Å². The molecule has 0 saturated carbocycles. The van der Waals surface area contributed by atoms with Crippen LogP contribution in [0.4, 0.5) is 10.6 Å². The monoisotopic (exact) mass is 524 g/mol. The molecule has 1 atom stereocenters. The summed E-state index contributed by atoms with van der Waals surface area (Å²) >= 11 is 1.49. The topological polar surface area (TPSA) is 103 Å². The molecule has 5 rings (SSSR count). The Morgan fingerprint density at radius 1 is 1.14 bits per heavy atom. The smallest absolute Gasteiger partial charge is 0.410 e. The zero-order valence-electron chi connectivity index (χ0n) is 22.0. The second-order valence-corrected chi connectivity index (χ2v) is 12.2. The number of ether oxygens (including phenoxy) is 1. The second-order valence-electron chi connectivity index (χ2n) is 11.1. The number of piperidine rings is 2. The van der Waals surface area contributed by atoms with E-state index in [0.29, 0.717) is 29.5 Å². The fourth-order valence-electron chi connectivity index (χ4n) is 5.03. The van der Waals surface area contributed by atoms with E-state index in [0.717, 1.165) is 54.8 Å². The van der Waals surface area contributed by atoms with Crippen LogP contribution in [0.1, 0.15) is 58.2 Å². The number of anilines is 1. The first-order valence-corrected chi connectivity index (χ1v) is 13.9.